The molecule has 0 spiro atoms. The second-order valence-corrected chi connectivity index (χ2v) is 9.18. The van der Waals surface area contributed by atoms with Crippen molar-refractivity contribution in [2.24, 2.45) is 0 Å². The van der Waals surface area contributed by atoms with Gasteiger partial charge in [0.15, 0.2) is 5.82 Å². The molecule has 6 rings (SSSR count). The van der Waals surface area contributed by atoms with E-state index in [1.165, 1.54) is 5.69 Å². The lowest BCUT2D eigenvalue weighted by Gasteiger charge is -2.40. The second-order valence-electron chi connectivity index (χ2n) is 9.18. The highest BCUT2D eigenvalue weighted by molar-refractivity contribution is 5.68. The number of allylic oxidation sites excluding steroid dienone is 4. The van der Waals surface area contributed by atoms with E-state index in [1.54, 1.807) is 24.8 Å². The fourth-order valence-corrected chi connectivity index (χ4v) is 5.00. The molecule has 0 N–H and O–H groups in total. The van der Waals surface area contributed by atoms with Gasteiger partial charge < -0.3 is 19.6 Å². The Kier molecular flexibility index (Phi) is 6.39. The largest absolute Gasteiger partial charge is 0.365 e. The highest BCUT2D eigenvalue weighted by atomic mass is 15.4. The summed E-state index contributed by atoms with van der Waals surface area (Å²) in [5, 5.41) is 9.52. The molecule has 3 aromatic rings. The van der Waals surface area contributed by atoms with Crippen LogP contribution in [0.15, 0.2) is 67.3 Å². The molecule has 2 saturated heterocycles. The molecule has 10 heteroatoms. The Morgan fingerprint density at radius 2 is 1.17 bits per heavy atom. The van der Waals surface area contributed by atoms with E-state index in [0.717, 1.165) is 82.2 Å². The van der Waals surface area contributed by atoms with Gasteiger partial charge in [-0.15, -0.1) is 5.10 Å². The molecule has 3 aliphatic rings. The fraction of sp³-hybridized carbons (Fsp3) is 0.385. The van der Waals surface area contributed by atoms with E-state index >= 15 is 0 Å². The lowest BCUT2D eigenvalue weighted by molar-refractivity contribution is 0.615. The number of aromatic nitrogens is 6. The molecule has 0 amide bonds. The van der Waals surface area contributed by atoms with Crippen LogP contribution in [-0.2, 0) is 0 Å². The summed E-state index contributed by atoms with van der Waals surface area (Å²) >= 11 is 0. The normalized spacial score (nSPS) is 20.2. The number of piperazine rings is 2. The fourth-order valence-electron chi connectivity index (χ4n) is 5.00. The van der Waals surface area contributed by atoms with Crippen LogP contribution in [0.25, 0.3) is 0 Å². The van der Waals surface area contributed by atoms with E-state index in [4.69, 9.17) is 10.2 Å². The third-order valence-electron chi connectivity index (χ3n) is 7.00. The molecule has 0 aromatic carbocycles. The maximum absolute atomic E-state index is 4.82. The molecule has 0 saturated carbocycles. The van der Waals surface area contributed by atoms with Crippen molar-refractivity contribution < 1.29 is 0 Å². The van der Waals surface area contributed by atoms with Gasteiger partial charge in [-0.05, 0) is 24.6 Å². The first-order chi connectivity index (χ1) is 17.8. The molecule has 0 radical (unpaired) electrons. The first kappa shape index (κ1) is 22.4. The smallest absolute Gasteiger partial charge is 0.225 e. The van der Waals surface area contributed by atoms with Crippen LogP contribution in [-0.4, -0.2) is 82.5 Å². The van der Waals surface area contributed by atoms with Crippen molar-refractivity contribution in [3.05, 3.63) is 73.0 Å². The van der Waals surface area contributed by atoms with Crippen molar-refractivity contribution in [3.8, 4) is 0 Å². The predicted molar refractivity (Wildman–Crippen MR) is 141 cm³/mol. The van der Waals surface area contributed by atoms with E-state index < -0.39 is 0 Å². The predicted octanol–water partition coefficient (Wildman–Crippen LogP) is 2.31. The zero-order valence-electron chi connectivity index (χ0n) is 20.3. The van der Waals surface area contributed by atoms with Gasteiger partial charge in [0.25, 0.3) is 0 Å². The Morgan fingerprint density at radius 3 is 1.72 bits per heavy atom. The van der Waals surface area contributed by atoms with Crippen LogP contribution in [0.1, 0.15) is 18.0 Å². The average Bonchev–Trinajstić information content (AvgIpc) is 2.98. The maximum Gasteiger partial charge on any atom is 0.225 e. The molecule has 1 unspecified atom stereocenters. The van der Waals surface area contributed by atoms with Crippen LogP contribution in [0.4, 0.5) is 23.4 Å². The number of nitrogens with zero attached hydrogens (tertiary/aromatic N) is 10. The minimum absolute atomic E-state index is 0.265. The molecule has 36 heavy (non-hydrogen) atoms. The van der Waals surface area contributed by atoms with Gasteiger partial charge in [-0.25, -0.2) is 19.9 Å². The minimum atomic E-state index is 0.265. The molecule has 1 atom stereocenters. The SMILES string of the molecule is C1=CCC(c2cc(N3CCN(c4ncccn4)CC3)c(N3CCN(c4ncccn4)CC3)nn2)C=C1. The lowest BCUT2D eigenvalue weighted by atomic mass is 9.96. The summed E-state index contributed by atoms with van der Waals surface area (Å²) in [6.45, 7) is 6.90. The van der Waals surface area contributed by atoms with Crippen molar-refractivity contribution in [3.63, 3.8) is 0 Å². The van der Waals surface area contributed by atoms with E-state index in [1.807, 2.05) is 12.1 Å². The molecule has 0 bridgehead atoms. The van der Waals surface area contributed by atoms with Crippen molar-refractivity contribution in [1.82, 2.24) is 30.1 Å². The summed E-state index contributed by atoms with van der Waals surface area (Å²) < 4.78 is 0. The highest BCUT2D eigenvalue weighted by Crippen LogP contribution is 2.33. The summed E-state index contributed by atoms with van der Waals surface area (Å²) in [6, 6.07) is 5.97. The quantitative estimate of drug-likeness (QED) is 0.540. The first-order valence-electron chi connectivity index (χ1n) is 12.6. The van der Waals surface area contributed by atoms with Crippen molar-refractivity contribution >= 4 is 23.4 Å². The third kappa shape index (κ3) is 4.71. The highest BCUT2D eigenvalue weighted by Gasteiger charge is 2.28. The van der Waals surface area contributed by atoms with Gasteiger partial charge in [0.1, 0.15) is 0 Å². The molecular formula is C26H30N10. The van der Waals surface area contributed by atoms with Gasteiger partial charge >= 0.3 is 0 Å². The molecule has 1 aliphatic carbocycles. The van der Waals surface area contributed by atoms with Gasteiger partial charge in [0.05, 0.1) is 11.4 Å². The van der Waals surface area contributed by atoms with Crippen molar-refractivity contribution in [2.45, 2.75) is 12.3 Å². The Labute approximate surface area is 211 Å². The topological polar surface area (TPSA) is 90.3 Å². The summed E-state index contributed by atoms with van der Waals surface area (Å²) in [7, 11) is 0. The molecule has 3 aromatic heterocycles. The van der Waals surface area contributed by atoms with Crippen molar-refractivity contribution in [1.29, 1.82) is 0 Å². The average molecular weight is 483 g/mol. The van der Waals surface area contributed by atoms with Gasteiger partial charge in [-0.3, -0.25) is 0 Å². The molecular weight excluding hydrogens is 452 g/mol. The minimum Gasteiger partial charge on any atom is -0.365 e. The third-order valence-corrected chi connectivity index (χ3v) is 7.00. The Hall–Kier alpha value is -4.08. The van der Waals surface area contributed by atoms with E-state index in [9.17, 15) is 0 Å². The second kappa shape index (κ2) is 10.3. The Bertz CT molecular complexity index is 1200. The Morgan fingerprint density at radius 1 is 0.611 bits per heavy atom. The number of hydrogen-bond acceptors (Lipinski definition) is 10. The van der Waals surface area contributed by atoms with Gasteiger partial charge in [0, 0.05) is 83.1 Å². The van der Waals surface area contributed by atoms with Gasteiger partial charge in [-0.1, -0.05) is 24.3 Å². The summed E-state index contributed by atoms with van der Waals surface area (Å²) in [5.74, 6) is 2.81. The maximum atomic E-state index is 4.82. The first-order valence-corrected chi connectivity index (χ1v) is 12.6. The van der Waals surface area contributed by atoms with E-state index in [-0.39, 0.29) is 5.92 Å². The number of anilines is 4. The van der Waals surface area contributed by atoms with E-state index in [0.29, 0.717) is 0 Å². The zero-order chi connectivity index (χ0) is 24.2. The summed E-state index contributed by atoms with van der Waals surface area (Å²) in [4.78, 5) is 27.0. The number of hydrogen-bond donors (Lipinski definition) is 0. The summed E-state index contributed by atoms with van der Waals surface area (Å²) in [6.07, 6.45) is 16.8. The summed E-state index contributed by atoms with van der Waals surface area (Å²) in [5.41, 5.74) is 2.19. The van der Waals surface area contributed by atoms with E-state index in [2.05, 4.69) is 69.9 Å². The van der Waals surface area contributed by atoms with Crippen molar-refractivity contribution in [2.75, 3.05) is 72.0 Å². The van der Waals surface area contributed by atoms with Crippen LogP contribution >= 0.6 is 0 Å². The van der Waals surface area contributed by atoms with Crippen LogP contribution in [0.2, 0.25) is 0 Å². The molecule has 5 heterocycles. The van der Waals surface area contributed by atoms with Gasteiger partial charge in [0.2, 0.25) is 11.9 Å². The van der Waals surface area contributed by atoms with Crippen LogP contribution in [0, 0.1) is 0 Å². The molecule has 2 fully saturated rings. The monoisotopic (exact) mass is 482 g/mol. The van der Waals surface area contributed by atoms with Crippen LogP contribution < -0.4 is 19.6 Å². The van der Waals surface area contributed by atoms with Crippen LogP contribution in [0.3, 0.4) is 0 Å². The molecule has 2 aliphatic heterocycles. The molecule has 184 valence electrons. The molecule has 10 nitrogen and oxygen atoms in total. The number of rotatable bonds is 5. The van der Waals surface area contributed by atoms with Gasteiger partial charge in [-0.2, -0.15) is 5.10 Å². The lowest BCUT2D eigenvalue weighted by Crippen LogP contribution is -2.50. The zero-order valence-corrected chi connectivity index (χ0v) is 20.3. The standard InChI is InChI=1S/C26H30N10/c1-2-6-21(7-3-1)22-20-23(33-12-16-35(17-13-33)25-27-8-4-9-28-25)24(32-31-22)34-14-18-36(19-15-34)26-29-10-5-11-30-26/h1-6,8-11,20-21H,7,12-19H2. The van der Waals surface area contributed by atoms with Crippen LogP contribution in [0.5, 0.6) is 0 Å². The Balaban J connectivity index is 1.22.